The SMILES string of the molecule is CC(=O)OCC(C)/C=C/C1CCC(C)C1(C)C. The van der Waals surface area contributed by atoms with Gasteiger partial charge in [0.1, 0.15) is 0 Å². The van der Waals surface area contributed by atoms with Gasteiger partial charge in [0.25, 0.3) is 0 Å². The molecule has 17 heavy (non-hydrogen) atoms. The molecule has 0 spiro atoms. The number of carbonyl (C=O) groups excluding carboxylic acids is 1. The summed E-state index contributed by atoms with van der Waals surface area (Å²) in [5.41, 5.74) is 0.400. The first-order valence-electron chi connectivity index (χ1n) is 6.65. The zero-order valence-corrected chi connectivity index (χ0v) is 11.8. The highest BCUT2D eigenvalue weighted by molar-refractivity contribution is 5.65. The van der Waals surface area contributed by atoms with Crippen molar-refractivity contribution in [2.45, 2.75) is 47.5 Å². The molecule has 0 heterocycles. The van der Waals surface area contributed by atoms with Crippen LogP contribution in [0.15, 0.2) is 12.2 Å². The van der Waals surface area contributed by atoms with Gasteiger partial charge in [-0.1, -0.05) is 39.8 Å². The third-order valence-corrected chi connectivity index (χ3v) is 4.36. The Kier molecular flexibility index (Phi) is 4.79. The first kappa shape index (κ1) is 14.3. The molecule has 3 unspecified atom stereocenters. The number of esters is 1. The molecule has 0 aliphatic heterocycles. The normalized spacial score (nSPS) is 29.5. The monoisotopic (exact) mass is 238 g/mol. The summed E-state index contributed by atoms with van der Waals surface area (Å²) in [5, 5.41) is 0. The lowest BCUT2D eigenvalue weighted by Gasteiger charge is -2.29. The first-order valence-corrected chi connectivity index (χ1v) is 6.65. The van der Waals surface area contributed by atoms with E-state index in [1.165, 1.54) is 19.8 Å². The van der Waals surface area contributed by atoms with Crippen molar-refractivity contribution < 1.29 is 9.53 Å². The molecule has 3 atom stereocenters. The molecular formula is C15H26O2. The van der Waals surface area contributed by atoms with E-state index in [1.807, 2.05) is 0 Å². The van der Waals surface area contributed by atoms with E-state index in [0.717, 1.165) is 5.92 Å². The van der Waals surface area contributed by atoms with Gasteiger partial charge < -0.3 is 4.74 Å². The molecule has 2 nitrogen and oxygen atoms in total. The van der Waals surface area contributed by atoms with Crippen molar-refractivity contribution in [2.75, 3.05) is 6.61 Å². The van der Waals surface area contributed by atoms with Crippen LogP contribution in [0.2, 0.25) is 0 Å². The van der Waals surface area contributed by atoms with Gasteiger partial charge in [-0.15, -0.1) is 0 Å². The van der Waals surface area contributed by atoms with E-state index in [-0.39, 0.29) is 5.97 Å². The largest absolute Gasteiger partial charge is 0.465 e. The van der Waals surface area contributed by atoms with Crippen molar-refractivity contribution in [3.63, 3.8) is 0 Å². The van der Waals surface area contributed by atoms with Crippen molar-refractivity contribution in [1.82, 2.24) is 0 Å². The lowest BCUT2D eigenvalue weighted by atomic mass is 9.76. The van der Waals surface area contributed by atoms with Crippen molar-refractivity contribution in [3.05, 3.63) is 12.2 Å². The quantitative estimate of drug-likeness (QED) is 0.550. The summed E-state index contributed by atoms with van der Waals surface area (Å²) >= 11 is 0. The Labute approximate surface area is 105 Å². The fourth-order valence-electron chi connectivity index (χ4n) is 2.51. The number of ether oxygens (including phenoxy) is 1. The molecule has 1 fully saturated rings. The van der Waals surface area contributed by atoms with Crippen LogP contribution in [0.4, 0.5) is 0 Å². The Hall–Kier alpha value is -0.790. The number of hydrogen-bond acceptors (Lipinski definition) is 2. The van der Waals surface area contributed by atoms with E-state index in [9.17, 15) is 4.79 Å². The van der Waals surface area contributed by atoms with Crippen LogP contribution in [0.5, 0.6) is 0 Å². The highest BCUT2D eigenvalue weighted by Crippen LogP contribution is 2.47. The minimum absolute atomic E-state index is 0.194. The third kappa shape index (κ3) is 3.86. The van der Waals surface area contributed by atoms with Gasteiger partial charge in [-0.05, 0) is 30.1 Å². The van der Waals surface area contributed by atoms with Crippen LogP contribution in [-0.4, -0.2) is 12.6 Å². The predicted octanol–water partition coefficient (Wildman–Crippen LogP) is 3.81. The summed E-state index contributed by atoms with van der Waals surface area (Å²) < 4.78 is 5.00. The molecule has 0 bridgehead atoms. The van der Waals surface area contributed by atoms with E-state index < -0.39 is 0 Å². The average molecular weight is 238 g/mol. The van der Waals surface area contributed by atoms with Crippen molar-refractivity contribution >= 4 is 5.97 Å². The van der Waals surface area contributed by atoms with Crippen LogP contribution < -0.4 is 0 Å². The summed E-state index contributed by atoms with van der Waals surface area (Å²) in [7, 11) is 0. The van der Waals surface area contributed by atoms with Crippen LogP contribution in [-0.2, 0) is 9.53 Å². The molecule has 0 aromatic carbocycles. The molecule has 0 aromatic rings. The summed E-state index contributed by atoms with van der Waals surface area (Å²) in [4.78, 5) is 10.7. The summed E-state index contributed by atoms with van der Waals surface area (Å²) in [5.74, 6) is 1.57. The molecule has 0 aromatic heterocycles. The third-order valence-electron chi connectivity index (χ3n) is 4.36. The van der Waals surface area contributed by atoms with Gasteiger partial charge in [0.05, 0.1) is 6.61 Å². The lowest BCUT2D eigenvalue weighted by molar-refractivity contribution is -0.141. The maximum Gasteiger partial charge on any atom is 0.302 e. The number of hydrogen-bond donors (Lipinski definition) is 0. The molecule has 0 amide bonds. The van der Waals surface area contributed by atoms with Crippen LogP contribution in [0.25, 0.3) is 0 Å². The number of carbonyl (C=O) groups is 1. The van der Waals surface area contributed by atoms with Gasteiger partial charge in [0.2, 0.25) is 0 Å². The second-order valence-corrected chi connectivity index (χ2v) is 6.07. The molecule has 0 N–H and O–H groups in total. The fraction of sp³-hybridized carbons (Fsp3) is 0.800. The number of allylic oxidation sites excluding steroid dienone is 1. The van der Waals surface area contributed by atoms with Crippen LogP contribution >= 0.6 is 0 Å². The van der Waals surface area contributed by atoms with Crippen molar-refractivity contribution in [3.8, 4) is 0 Å². The van der Waals surface area contributed by atoms with Gasteiger partial charge in [-0.3, -0.25) is 4.79 Å². The Balaban J connectivity index is 2.45. The molecule has 1 rings (SSSR count). The zero-order valence-electron chi connectivity index (χ0n) is 11.8. The molecular weight excluding hydrogens is 212 g/mol. The van der Waals surface area contributed by atoms with Gasteiger partial charge in [-0.25, -0.2) is 0 Å². The standard InChI is InChI=1S/C15H26O2/c1-11(10-17-13(3)16)6-8-14-9-7-12(2)15(14,4)5/h6,8,11-12,14H,7,9-10H2,1-5H3/b8-6+. The highest BCUT2D eigenvalue weighted by Gasteiger charge is 2.38. The fourth-order valence-corrected chi connectivity index (χ4v) is 2.51. The van der Waals surface area contributed by atoms with Gasteiger partial charge in [0, 0.05) is 12.8 Å². The maximum absolute atomic E-state index is 10.7. The Morgan fingerprint density at radius 2 is 2.12 bits per heavy atom. The Morgan fingerprint density at radius 1 is 1.47 bits per heavy atom. The molecule has 0 radical (unpaired) electrons. The molecule has 98 valence electrons. The first-order chi connectivity index (χ1) is 7.84. The van der Waals surface area contributed by atoms with Crippen molar-refractivity contribution in [1.29, 1.82) is 0 Å². The average Bonchev–Trinajstić information content (AvgIpc) is 2.49. The van der Waals surface area contributed by atoms with Crippen LogP contribution in [0, 0.1) is 23.2 Å². The molecule has 1 aliphatic rings. The minimum atomic E-state index is -0.194. The number of rotatable bonds is 4. The van der Waals surface area contributed by atoms with Gasteiger partial charge in [0.15, 0.2) is 0 Å². The van der Waals surface area contributed by atoms with E-state index in [1.54, 1.807) is 0 Å². The predicted molar refractivity (Wildman–Crippen MR) is 70.6 cm³/mol. The summed E-state index contributed by atoms with van der Waals surface area (Å²) in [6.07, 6.45) is 7.14. The molecule has 2 heteroatoms. The molecule has 1 aliphatic carbocycles. The van der Waals surface area contributed by atoms with E-state index in [4.69, 9.17) is 4.74 Å². The maximum atomic E-state index is 10.7. The molecule has 1 saturated carbocycles. The van der Waals surface area contributed by atoms with Gasteiger partial charge >= 0.3 is 5.97 Å². The highest BCUT2D eigenvalue weighted by atomic mass is 16.5. The van der Waals surface area contributed by atoms with Crippen LogP contribution in [0.3, 0.4) is 0 Å². The Bertz CT molecular complexity index is 291. The molecule has 0 saturated heterocycles. The minimum Gasteiger partial charge on any atom is -0.465 e. The lowest BCUT2D eigenvalue weighted by Crippen LogP contribution is -2.22. The van der Waals surface area contributed by atoms with Crippen LogP contribution in [0.1, 0.15) is 47.5 Å². The summed E-state index contributed by atoms with van der Waals surface area (Å²) in [6.45, 7) is 11.1. The van der Waals surface area contributed by atoms with E-state index in [0.29, 0.717) is 23.9 Å². The summed E-state index contributed by atoms with van der Waals surface area (Å²) in [6, 6.07) is 0. The second kappa shape index (κ2) is 5.70. The van der Waals surface area contributed by atoms with Crippen molar-refractivity contribution in [2.24, 2.45) is 23.2 Å². The Morgan fingerprint density at radius 3 is 2.59 bits per heavy atom. The zero-order chi connectivity index (χ0) is 13.1. The smallest absolute Gasteiger partial charge is 0.302 e. The second-order valence-electron chi connectivity index (χ2n) is 6.07. The van der Waals surface area contributed by atoms with Gasteiger partial charge in [-0.2, -0.15) is 0 Å². The van der Waals surface area contributed by atoms with E-state index >= 15 is 0 Å². The van der Waals surface area contributed by atoms with E-state index in [2.05, 4.69) is 39.8 Å². The topological polar surface area (TPSA) is 26.3 Å².